The highest BCUT2D eigenvalue weighted by Gasteiger charge is 2.21. The van der Waals surface area contributed by atoms with Crippen LogP contribution in [0.5, 0.6) is 0 Å². The number of hydrogen-bond donors (Lipinski definition) is 1. The van der Waals surface area contributed by atoms with E-state index in [-0.39, 0.29) is 11.7 Å². The zero-order chi connectivity index (χ0) is 20.2. The molecule has 0 spiro atoms. The number of rotatable bonds is 4. The lowest BCUT2D eigenvalue weighted by Gasteiger charge is -2.34. The van der Waals surface area contributed by atoms with Crippen LogP contribution < -0.4 is 10.2 Å². The number of hydrogen-bond acceptors (Lipinski definition) is 5. The van der Waals surface area contributed by atoms with Crippen molar-refractivity contribution in [3.63, 3.8) is 0 Å². The Morgan fingerprint density at radius 2 is 1.66 bits per heavy atom. The summed E-state index contributed by atoms with van der Waals surface area (Å²) in [6.45, 7) is 4.14. The highest BCUT2D eigenvalue weighted by molar-refractivity contribution is 5.73. The summed E-state index contributed by atoms with van der Waals surface area (Å²) >= 11 is 0. The number of anilines is 3. The average Bonchev–Trinajstić information content (AvgIpc) is 2.76. The molecule has 0 atom stereocenters. The van der Waals surface area contributed by atoms with Crippen LogP contribution in [-0.2, 0) is 4.79 Å². The third kappa shape index (κ3) is 4.34. The standard InChI is InChI=1S/C22H22FN5O/c1-16(29)27-11-13-28(14-12-27)22-25-20(17-7-3-2-4-8-17)15-21(26-22)24-19-10-6-5-9-18(19)23/h2-10,15H,11-14H2,1H3,(H,24,25,26). The average molecular weight is 391 g/mol. The van der Waals surface area contributed by atoms with Gasteiger partial charge in [0, 0.05) is 44.7 Å². The van der Waals surface area contributed by atoms with Gasteiger partial charge in [-0.15, -0.1) is 0 Å². The highest BCUT2D eigenvalue weighted by Crippen LogP contribution is 2.26. The molecule has 1 saturated heterocycles. The van der Waals surface area contributed by atoms with E-state index in [1.54, 1.807) is 25.1 Å². The van der Waals surface area contributed by atoms with Gasteiger partial charge in [0.25, 0.3) is 0 Å². The van der Waals surface area contributed by atoms with Crippen molar-refractivity contribution in [1.29, 1.82) is 0 Å². The van der Waals surface area contributed by atoms with Gasteiger partial charge in [-0.2, -0.15) is 4.98 Å². The Labute approximate surface area is 169 Å². The molecule has 7 heteroatoms. The number of para-hydroxylation sites is 1. The van der Waals surface area contributed by atoms with Crippen LogP contribution in [0, 0.1) is 5.82 Å². The van der Waals surface area contributed by atoms with E-state index in [0.717, 1.165) is 11.3 Å². The number of carbonyl (C=O) groups is 1. The van der Waals surface area contributed by atoms with Gasteiger partial charge in [0.05, 0.1) is 11.4 Å². The number of carbonyl (C=O) groups excluding carboxylic acids is 1. The first-order valence-corrected chi connectivity index (χ1v) is 9.57. The second-order valence-electron chi connectivity index (χ2n) is 6.90. The van der Waals surface area contributed by atoms with Crippen LogP contribution in [-0.4, -0.2) is 47.0 Å². The van der Waals surface area contributed by atoms with E-state index in [0.29, 0.717) is 43.6 Å². The van der Waals surface area contributed by atoms with Crippen molar-refractivity contribution >= 4 is 23.4 Å². The third-order valence-electron chi connectivity index (χ3n) is 4.93. The summed E-state index contributed by atoms with van der Waals surface area (Å²) in [6, 6.07) is 18.1. The van der Waals surface area contributed by atoms with Crippen LogP contribution in [0.4, 0.5) is 21.8 Å². The minimum absolute atomic E-state index is 0.0745. The maximum absolute atomic E-state index is 14.1. The predicted octanol–water partition coefficient (Wildman–Crippen LogP) is 3.69. The second kappa shape index (κ2) is 8.26. The van der Waals surface area contributed by atoms with Crippen molar-refractivity contribution in [3.8, 4) is 11.3 Å². The fourth-order valence-corrected chi connectivity index (χ4v) is 3.32. The van der Waals surface area contributed by atoms with Gasteiger partial charge in [0.1, 0.15) is 11.6 Å². The van der Waals surface area contributed by atoms with E-state index < -0.39 is 0 Å². The number of amides is 1. The summed E-state index contributed by atoms with van der Waals surface area (Å²) in [5.74, 6) is 0.816. The first-order valence-electron chi connectivity index (χ1n) is 9.57. The van der Waals surface area contributed by atoms with Crippen LogP contribution in [0.2, 0.25) is 0 Å². The molecule has 29 heavy (non-hydrogen) atoms. The quantitative estimate of drug-likeness (QED) is 0.735. The second-order valence-corrected chi connectivity index (χ2v) is 6.90. The number of nitrogens with one attached hydrogen (secondary N) is 1. The van der Waals surface area contributed by atoms with Gasteiger partial charge in [0.2, 0.25) is 11.9 Å². The van der Waals surface area contributed by atoms with Gasteiger partial charge in [0.15, 0.2) is 0 Å². The lowest BCUT2D eigenvalue weighted by molar-refractivity contribution is -0.129. The third-order valence-corrected chi connectivity index (χ3v) is 4.93. The Kier molecular flexibility index (Phi) is 5.37. The van der Waals surface area contributed by atoms with Crippen LogP contribution in [0.3, 0.4) is 0 Å². The molecule has 1 aromatic heterocycles. The summed E-state index contributed by atoms with van der Waals surface area (Å²) in [5, 5.41) is 3.07. The largest absolute Gasteiger partial charge is 0.339 e. The lowest BCUT2D eigenvalue weighted by atomic mass is 10.1. The molecule has 0 unspecified atom stereocenters. The molecular formula is C22H22FN5O. The molecule has 3 aromatic rings. The molecule has 1 aliphatic heterocycles. The Balaban J connectivity index is 1.67. The SMILES string of the molecule is CC(=O)N1CCN(c2nc(Nc3ccccc3F)cc(-c3ccccc3)n2)CC1. The van der Waals surface area contributed by atoms with Crippen molar-refractivity contribution < 1.29 is 9.18 Å². The maximum Gasteiger partial charge on any atom is 0.228 e. The summed E-state index contributed by atoms with van der Waals surface area (Å²) < 4.78 is 14.1. The van der Waals surface area contributed by atoms with Gasteiger partial charge in [-0.1, -0.05) is 42.5 Å². The summed E-state index contributed by atoms with van der Waals surface area (Å²) in [6.07, 6.45) is 0. The molecule has 0 radical (unpaired) electrons. The fourth-order valence-electron chi connectivity index (χ4n) is 3.32. The summed E-state index contributed by atoms with van der Waals surface area (Å²) in [4.78, 5) is 24.8. The fraction of sp³-hybridized carbons (Fsp3) is 0.227. The molecule has 0 saturated carbocycles. The zero-order valence-electron chi connectivity index (χ0n) is 16.2. The van der Waals surface area contributed by atoms with E-state index in [4.69, 9.17) is 4.98 Å². The van der Waals surface area contributed by atoms with E-state index in [1.807, 2.05) is 41.3 Å². The van der Waals surface area contributed by atoms with Crippen LogP contribution in [0.25, 0.3) is 11.3 Å². The smallest absolute Gasteiger partial charge is 0.228 e. The predicted molar refractivity (Wildman–Crippen MR) is 112 cm³/mol. The van der Waals surface area contributed by atoms with Gasteiger partial charge >= 0.3 is 0 Å². The molecule has 2 aromatic carbocycles. The van der Waals surface area contributed by atoms with E-state index in [2.05, 4.69) is 15.2 Å². The maximum atomic E-state index is 14.1. The lowest BCUT2D eigenvalue weighted by Crippen LogP contribution is -2.48. The minimum Gasteiger partial charge on any atom is -0.339 e. The van der Waals surface area contributed by atoms with Crippen LogP contribution >= 0.6 is 0 Å². The monoisotopic (exact) mass is 391 g/mol. The molecule has 1 N–H and O–H groups in total. The topological polar surface area (TPSA) is 61.4 Å². The molecule has 4 rings (SSSR count). The Morgan fingerprint density at radius 1 is 0.966 bits per heavy atom. The minimum atomic E-state index is -0.344. The van der Waals surface area contributed by atoms with Crippen molar-refractivity contribution in [1.82, 2.24) is 14.9 Å². The Bertz CT molecular complexity index is 1000. The van der Waals surface area contributed by atoms with E-state index in [1.165, 1.54) is 6.07 Å². The molecule has 0 bridgehead atoms. The molecule has 148 valence electrons. The van der Waals surface area contributed by atoms with Crippen molar-refractivity contribution in [3.05, 3.63) is 66.5 Å². The van der Waals surface area contributed by atoms with Crippen molar-refractivity contribution in [2.75, 3.05) is 36.4 Å². The van der Waals surface area contributed by atoms with Gasteiger partial charge in [-0.05, 0) is 12.1 Å². The molecule has 1 fully saturated rings. The number of aromatic nitrogens is 2. The molecule has 1 amide bonds. The van der Waals surface area contributed by atoms with Crippen molar-refractivity contribution in [2.45, 2.75) is 6.92 Å². The van der Waals surface area contributed by atoms with E-state index in [9.17, 15) is 9.18 Å². The molecular weight excluding hydrogens is 369 g/mol. The number of halogens is 1. The summed E-state index contributed by atoms with van der Waals surface area (Å²) in [5.41, 5.74) is 2.07. The Hall–Kier alpha value is -3.48. The Morgan fingerprint density at radius 3 is 2.34 bits per heavy atom. The molecule has 6 nitrogen and oxygen atoms in total. The molecule has 2 heterocycles. The van der Waals surface area contributed by atoms with Crippen LogP contribution in [0.15, 0.2) is 60.7 Å². The summed E-state index contributed by atoms with van der Waals surface area (Å²) in [7, 11) is 0. The van der Waals surface area contributed by atoms with Crippen LogP contribution in [0.1, 0.15) is 6.92 Å². The molecule has 1 aliphatic rings. The van der Waals surface area contributed by atoms with Gasteiger partial charge in [-0.3, -0.25) is 4.79 Å². The van der Waals surface area contributed by atoms with Gasteiger partial charge < -0.3 is 15.1 Å². The first-order chi connectivity index (χ1) is 14.1. The first kappa shape index (κ1) is 18.9. The number of piperazine rings is 1. The van der Waals surface area contributed by atoms with Gasteiger partial charge in [-0.25, -0.2) is 9.37 Å². The highest BCUT2D eigenvalue weighted by atomic mass is 19.1. The van der Waals surface area contributed by atoms with E-state index >= 15 is 0 Å². The normalized spacial score (nSPS) is 14.0. The zero-order valence-corrected chi connectivity index (χ0v) is 16.2. The van der Waals surface area contributed by atoms with Crippen molar-refractivity contribution in [2.24, 2.45) is 0 Å². The number of benzene rings is 2. The molecule has 0 aliphatic carbocycles. The number of nitrogens with zero attached hydrogens (tertiary/aromatic N) is 4.